The Kier molecular flexibility index (Phi) is 4.53. The molecule has 0 unspecified atom stereocenters. The number of aromatic nitrogens is 1. The van der Waals surface area contributed by atoms with Crippen LogP contribution in [0.25, 0.3) is 0 Å². The highest BCUT2D eigenvalue weighted by Gasteiger charge is 2.38. The van der Waals surface area contributed by atoms with Crippen molar-refractivity contribution in [1.82, 2.24) is 8.87 Å². The van der Waals surface area contributed by atoms with E-state index in [9.17, 15) is 18.3 Å². The highest BCUT2D eigenvalue weighted by atomic mass is 32.2. The van der Waals surface area contributed by atoms with Gasteiger partial charge in [-0.15, -0.1) is 6.58 Å². The van der Waals surface area contributed by atoms with E-state index in [2.05, 4.69) is 6.58 Å². The molecular formula is C14H20N2O4S. The molecule has 7 heteroatoms. The minimum absolute atomic E-state index is 0.00442. The van der Waals surface area contributed by atoms with Gasteiger partial charge in [-0.3, -0.25) is 0 Å². The molecule has 1 fully saturated rings. The van der Waals surface area contributed by atoms with Crippen LogP contribution >= 0.6 is 0 Å². The average molecular weight is 312 g/mol. The summed E-state index contributed by atoms with van der Waals surface area (Å²) in [4.78, 5) is 11.3. The third-order valence-electron chi connectivity index (χ3n) is 3.42. The van der Waals surface area contributed by atoms with E-state index in [1.54, 1.807) is 6.08 Å². The maximum absolute atomic E-state index is 12.7. The van der Waals surface area contributed by atoms with Crippen molar-refractivity contribution in [3.8, 4) is 0 Å². The summed E-state index contributed by atoms with van der Waals surface area (Å²) < 4.78 is 28.2. The summed E-state index contributed by atoms with van der Waals surface area (Å²) in [6.45, 7) is 6.22. The number of carboxylic acid groups (broad SMARTS) is 1. The van der Waals surface area contributed by atoms with Crippen LogP contribution in [0.3, 0.4) is 0 Å². The third-order valence-corrected chi connectivity index (χ3v) is 5.31. The van der Waals surface area contributed by atoms with Gasteiger partial charge in [0.25, 0.3) is 0 Å². The van der Waals surface area contributed by atoms with Crippen LogP contribution in [0.5, 0.6) is 0 Å². The molecule has 0 saturated heterocycles. The summed E-state index contributed by atoms with van der Waals surface area (Å²) >= 11 is 0. The lowest BCUT2D eigenvalue weighted by Crippen LogP contribution is -2.33. The summed E-state index contributed by atoms with van der Waals surface area (Å²) in [7, 11) is -3.68. The lowest BCUT2D eigenvalue weighted by atomic mass is 10.4. The van der Waals surface area contributed by atoms with Crippen molar-refractivity contribution in [3.05, 3.63) is 30.6 Å². The minimum Gasteiger partial charge on any atom is -0.477 e. The van der Waals surface area contributed by atoms with Crippen LogP contribution in [0.1, 0.15) is 36.7 Å². The molecule has 1 aromatic heterocycles. The molecule has 1 heterocycles. The predicted octanol–water partition coefficient (Wildman–Crippen LogP) is 1.94. The largest absolute Gasteiger partial charge is 0.477 e. The van der Waals surface area contributed by atoms with Gasteiger partial charge in [0.1, 0.15) is 10.6 Å². The summed E-state index contributed by atoms with van der Waals surface area (Å²) in [5, 5.41) is 9.19. The first-order chi connectivity index (χ1) is 9.91. The quantitative estimate of drug-likeness (QED) is 0.744. The van der Waals surface area contributed by atoms with Gasteiger partial charge in [-0.05, 0) is 25.3 Å². The molecule has 2 rings (SSSR count). The number of carbonyl (C=O) groups is 1. The van der Waals surface area contributed by atoms with Gasteiger partial charge in [0, 0.05) is 25.3 Å². The van der Waals surface area contributed by atoms with Crippen molar-refractivity contribution < 1.29 is 18.3 Å². The normalized spacial score (nSPS) is 15.3. The Bertz CT molecular complexity index is 644. The van der Waals surface area contributed by atoms with E-state index < -0.39 is 16.0 Å². The molecule has 0 atom stereocenters. The van der Waals surface area contributed by atoms with Gasteiger partial charge in [-0.25, -0.2) is 13.2 Å². The molecule has 1 aliphatic carbocycles. The maximum atomic E-state index is 12.7. The van der Waals surface area contributed by atoms with E-state index in [1.807, 2.05) is 6.92 Å². The average Bonchev–Trinajstić information content (AvgIpc) is 3.15. The van der Waals surface area contributed by atoms with Crippen LogP contribution < -0.4 is 0 Å². The summed E-state index contributed by atoms with van der Waals surface area (Å²) in [5.74, 6) is -1.12. The fourth-order valence-electron chi connectivity index (χ4n) is 2.30. The molecule has 0 spiro atoms. The fraction of sp³-hybridized carbons (Fsp3) is 0.500. The van der Waals surface area contributed by atoms with Crippen LogP contribution in [-0.4, -0.2) is 41.0 Å². The second-order valence-electron chi connectivity index (χ2n) is 5.15. The Morgan fingerprint density at radius 3 is 2.71 bits per heavy atom. The first kappa shape index (κ1) is 15.8. The molecule has 21 heavy (non-hydrogen) atoms. The smallest absolute Gasteiger partial charge is 0.352 e. The van der Waals surface area contributed by atoms with Crippen molar-refractivity contribution in [3.63, 3.8) is 0 Å². The zero-order valence-corrected chi connectivity index (χ0v) is 12.8. The van der Waals surface area contributed by atoms with Crippen molar-refractivity contribution in [2.24, 2.45) is 0 Å². The Balaban J connectivity index is 2.41. The van der Waals surface area contributed by atoms with E-state index in [-0.39, 0.29) is 23.2 Å². The van der Waals surface area contributed by atoms with E-state index in [1.165, 1.54) is 21.1 Å². The van der Waals surface area contributed by atoms with Crippen molar-refractivity contribution in [1.29, 1.82) is 0 Å². The molecule has 0 bridgehead atoms. The number of aromatic carboxylic acids is 1. The topological polar surface area (TPSA) is 79.6 Å². The van der Waals surface area contributed by atoms with Gasteiger partial charge in [0.2, 0.25) is 10.0 Å². The van der Waals surface area contributed by atoms with Gasteiger partial charge in [0.15, 0.2) is 0 Å². The molecule has 6 nitrogen and oxygen atoms in total. The zero-order valence-electron chi connectivity index (χ0n) is 12.0. The third kappa shape index (κ3) is 3.19. The number of nitrogens with zero attached hydrogens (tertiary/aromatic N) is 2. The Labute approximate surface area is 124 Å². The molecule has 1 N–H and O–H groups in total. The Morgan fingerprint density at radius 2 is 2.24 bits per heavy atom. The highest BCUT2D eigenvalue weighted by molar-refractivity contribution is 7.89. The van der Waals surface area contributed by atoms with Crippen LogP contribution in [0.4, 0.5) is 0 Å². The lowest BCUT2D eigenvalue weighted by Gasteiger charge is -2.19. The Morgan fingerprint density at radius 1 is 1.57 bits per heavy atom. The monoisotopic (exact) mass is 312 g/mol. The second-order valence-corrected chi connectivity index (χ2v) is 7.04. The zero-order chi connectivity index (χ0) is 15.6. The number of sulfonamides is 1. The van der Waals surface area contributed by atoms with Gasteiger partial charge in [0.05, 0.1) is 0 Å². The number of hydrogen-bond acceptors (Lipinski definition) is 3. The number of aryl methyl sites for hydroxylation is 1. The summed E-state index contributed by atoms with van der Waals surface area (Å²) in [5.41, 5.74) is 0.00442. The number of rotatable bonds is 8. The number of carboxylic acids is 1. The van der Waals surface area contributed by atoms with Crippen molar-refractivity contribution in [2.75, 3.05) is 6.54 Å². The van der Waals surface area contributed by atoms with Crippen LogP contribution in [-0.2, 0) is 16.6 Å². The van der Waals surface area contributed by atoms with Crippen LogP contribution in [0.2, 0.25) is 0 Å². The summed E-state index contributed by atoms with van der Waals surface area (Å²) in [6, 6.07) is 1.25. The molecule has 0 aromatic carbocycles. The minimum atomic E-state index is -3.68. The van der Waals surface area contributed by atoms with Gasteiger partial charge in [-0.2, -0.15) is 4.31 Å². The first-order valence-corrected chi connectivity index (χ1v) is 8.42. The molecule has 1 saturated carbocycles. The molecule has 0 aliphatic heterocycles. The second kappa shape index (κ2) is 6.03. The van der Waals surface area contributed by atoms with E-state index in [0.29, 0.717) is 6.54 Å². The fourth-order valence-corrected chi connectivity index (χ4v) is 4.00. The molecule has 116 valence electrons. The molecular weight excluding hydrogens is 292 g/mol. The van der Waals surface area contributed by atoms with Crippen LogP contribution in [0.15, 0.2) is 29.8 Å². The van der Waals surface area contributed by atoms with E-state index in [0.717, 1.165) is 19.3 Å². The first-order valence-electron chi connectivity index (χ1n) is 6.98. The number of hydrogen-bond donors (Lipinski definition) is 1. The molecule has 1 aromatic rings. The van der Waals surface area contributed by atoms with Crippen molar-refractivity contribution in [2.45, 2.75) is 43.7 Å². The molecule has 0 amide bonds. The lowest BCUT2D eigenvalue weighted by molar-refractivity contribution is 0.0685. The van der Waals surface area contributed by atoms with Gasteiger partial charge < -0.3 is 9.67 Å². The Hall–Kier alpha value is -1.60. The van der Waals surface area contributed by atoms with Gasteiger partial charge >= 0.3 is 5.97 Å². The SMILES string of the molecule is C=CCN(C1CC1)S(=O)(=O)c1cc(C(=O)O)n(CCC)c1. The van der Waals surface area contributed by atoms with Gasteiger partial charge in [-0.1, -0.05) is 13.0 Å². The van der Waals surface area contributed by atoms with E-state index in [4.69, 9.17) is 0 Å². The van der Waals surface area contributed by atoms with Crippen LogP contribution in [0, 0.1) is 0 Å². The standard InChI is InChI=1S/C14H20N2O4S/c1-3-7-15-10-12(9-13(15)14(17)18)21(19,20)16(8-4-2)11-5-6-11/h4,9-11H,2-3,5-8H2,1H3,(H,17,18). The molecule has 0 radical (unpaired) electrons. The van der Waals surface area contributed by atoms with E-state index >= 15 is 0 Å². The van der Waals surface area contributed by atoms with Crippen molar-refractivity contribution >= 4 is 16.0 Å². The maximum Gasteiger partial charge on any atom is 0.352 e. The predicted molar refractivity (Wildman–Crippen MR) is 78.8 cm³/mol. The molecule has 1 aliphatic rings. The highest BCUT2D eigenvalue weighted by Crippen LogP contribution is 2.32. The summed E-state index contributed by atoms with van der Waals surface area (Å²) in [6.07, 6.45) is 5.38.